The first-order valence-electron chi connectivity index (χ1n) is 7.16. The molecule has 0 radical (unpaired) electrons. The summed E-state index contributed by atoms with van der Waals surface area (Å²) in [6, 6.07) is 8.71. The Hall–Kier alpha value is -1.00. The standard InChI is InChI=1S/C8H15NO.C8H10OS/c1-7(10)9-8-5-3-2-4-6-8;1-7-3-5-8(6-4-7)10-9-2/h8H,2-6H2,1H3,(H,9,10);3-6H,1-2H3. The molecule has 1 fully saturated rings. The molecule has 1 N–H and O–H groups in total. The molecule has 1 amide bonds. The lowest BCUT2D eigenvalue weighted by molar-refractivity contribution is -0.119. The van der Waals surface area contributed by atoms with E-state index in [1.54, 1.807) is 14.0 Å². The van der Waals surface area contributed by atoms with Crippen molar-refractivity contribution >= 4 is 17.9 Å². The Morgan fingerprint density at radius 2 is 1.80 bits per heavy atom. The second-order valence-corrected chi connectivity index (χ2v) is 6.07. The summed E-state index contributed by atoms with van der Waals surface area (Å²) in [6.07, 6.45) is 6.27. The quantitative estimate of drug-likeness (QED) is 0.853. The fourth-order valence-electron chi connectivity index (χ4n) is 2.22. The summed E-state index contributed by atoms with van der Waals surface area (Å²) in [7, 11) is 1.67. The molecule has 0 atom stereocenters. The van der Waals surface area contributed by atoms with Crippen LogP contribution in [0.25, 0.3) is 0 Å². The van der Waals surface area contributed by atoms with Gasteiger partial charge in [-0.2, -0.15) is 0 Å². The first-order valence-corrected chi connectivity index (χ1v) is 7.90. The molecule has 0 unspecified atom stereocenters. The SMILES string of the molecule is CC(=O)NC1CCCCC1.COSc1ccc(C)cc1. The highest BCUT2D eigenvalue weighted by Gasteiger charge is 2.12. The number of hydrogen-bond acceptors (Lipinski definition) is 3. The number of carbonyl (C=O) groups is 1. The van der Waals surface area contributed by atoms with Crippen molar-refractivity contribution in [3.05, 3.63) is 29.8 Å². The molecule has 0 bridgehead atoms. The third-order valence-electron chi connectivity index (χ3n) is 3.21. The van der Waals surface area contributed by atoms with E-state index in [1.165, 1.54) is 49.7 Å². The van der Waals surface area contributed by atoms with Crippen LogP contribution in [-0.2, 0) is 8.98 Å². The van der Waals surface area contributed by atoms with Crippen molar-refractivity contribution in [1.29, 1.82) is 0 Å². The number of aryl methyl sites for hydroxylation is 1. The first-order chi connectivity index (χ1) is 9.61. The molecule has 112 valence electrons. The van der Waals surface area contributed by atoms with E-state index in [4.69, 9.17) is 4.18 Å². The van der Waals surface area contributed by atoms with Gasteiger partial charge in [0.25, 0.3) is 0 Å². The third-order valence-corrected chi connectivity index (χ3v) is 3.84. The van der Waals surface area contributed by atoms with Gasteiger partial charge in [-0.1, -0.05) is 37.0 Å². The summed E-state index contributed by atoms with van der Waals surface area (Å²) in [5.41, 5.74) is 1.28. The zero-order valence-corrected chi connectivity index (χ0v) is 13.5. The highest BCUT2D eigenvalue weighted by atomic mass is 32.2. The van der Waals surface area contributed by atoms with Crippen molar-refractivity contribution in [2.24, 2.45) is 0 Å². The summed E-state index contributed by atoms with van der Waals surface area (Å²) in [5, 5.41) is 2.94. The Kier molecular flexibility index (Phi) is 8.38. The van der Waals surface area contributed by atoms with Gasteiger partial charge in [0, 0.05) is 29.9 Å². The summed E-state index contributed by atoms with van der Waals surface area (Å²) >= 11 is 1.38. The van der Waals surface area contributed by atoms with Crippen LogP contribution >= 0.6 is 12.0 Å². The minimum absolute atomic E-state index is 0.118. The predicted molar refractivity (Wildman–Crippen MR) is 84.7 cm³/mol. The molecular formula is C16H25NO2S. The van der Waals surface area contributed by atoms with Gasteiger partial charge in [0.2, 0.25) is 5.91 Å². The van der Waals surface area contributed by atoms with Crippen molar-refractivity contribution in [3.8, 4) is 0 Å². The molecule has 3 nitrogen and oxygen atoms in total. The van der Waals surface area contributed by atoms with E-state index < -0.39 is 0 Å². The minimum atomic E-state index is 0.118. The lowest BCUT2D eigenvalue weighted by Crippen LogP contribution is -2.34. The summed E-state index contributed by atoms with van der Waals surface area (Å²) in [4.78, 5) is 11.7. The van der Waals surface area contributed by atoms with Gasteiger partial charge in [-0.15, -0.1) is 0 Å². The molecular weight excluding hydrogens is 270 g/mol. The number of benzene rings is 1. The number of amides is 1. The van der Waals surface area contributed by atoms with E-state index in [0.29, 0.717) is 6.04 Å². The Labute approximate surface area is 126 Å². The van der Waals surface area contributed by atoms with Crippen molar-refractivity contribution in [1.82, 2.24) is 5.32 Å². The summed E-state index contributed by atoms with van der Waals surface area (Å²) < 4.78 is 4.88. The van der Waals surface area contributed by atoms with Crippen LogP contribution in [0.1, 0.15) is 44.6 Å². The summed E-state index contributed by atoms with van der Waals surface area (Å²) in [6.45, 7) is 3.66. The zero-order valence-electron chi connectivity index (χ0n) is 12.6. The molecule has 0 spiro atoms. The highest BCUT2D eigenvalue weighted by molar-refractivity contribution is 7.94. The molecule has 1 aliphatic carbocycles. The van der Waals surface area contributed by atoms with Crippen LogP contribution in [0, 0.1) is 6.92 Å². The lowest BCUT2D eigenvalue weighted by Gasteiger charge is -2.21. The third kappa shape index (κ3) is 7.56. The molecule has 0 heterocycles. The molecule has 1 aromatic rings. The van der Waals surface area contributed by atoms with Gasteiger partial charge in [-0.25, -0.2) is 0 Å². The number of carbonyl (C=O) groups excluding carboxylic acids is 1. The van der Waals surface area contributed by atoms with E-state index in [0.717, 1.165) is 4.90 Å². The second kappa shape index (κ2) is 9.83. The molecule has 4 heteroatoms. The van der Waals surface area contributed by atoms with E-state index in [1.807, 2.05) is 12.1 Å². The largest absolute Gasteiger partial charge is 0.354 e. The van der Waals surface area contributed by atoms with Gasteiger partial charge in [0.05, 0.1) is 7.11 Å². The van der Waals surface area contributed by atoms with Crippen LogP contribution in [-0.4, -0.2) is 19.1 Å². The molecule has 0 aliphatic heterocycles. The van der Waals surface area contributed by atoms with E-state index in [2.05, 4.69) is 24.4 Å². The van der Waals surface area contributed by atoms with Crippen LogP contribution in [0.5, 0.6) is 0 Å². The molecule has 1 aromatic carbocycles. The van der Waals surface area contributed by atoms with Crippen LogP contribution in [0.4, 0.5) is 0 Å². The topological polar surface area (TPSA) is 38.3 Å². The first kappa shape index (κ1) is 17.1. The maximum Gasteiger partial charge on any atom is 0.217 e. The van der Waals surface area contributed by atoms with E-state index in [9.17, 15) is 4.79 Å². The maximum absolute atomic E-state index is 10.6. The predicted octanol–water partition coefficient (Wildman–Crippen LogP) is 4.10. The van der Waals surface area contributed by atoms with Crippen LogP contribution < -0.4 is 5.32 Å². The van der Waals surface area contributed by atoms with Gasteiger partial charge in [-0.3, -0.25) is 4.79 Å². The normalized spacial score (nSPS) is 15.2. The Balaban J connectivity index is 0.000000200. The molecule has 1 aliphatic rings. The average molecular weight is 295 g/mol. The Morgan fingerprint density at radius 1 is 1.20 bits per heavy atom. The average Bonchev–Trinajstić information content (AvgIpc) is 2.43. The lowest BCUT2D eigenvalue weighted by atomic mass is 9.95. The maximum atomic E-state index is 10.6. The van der Waals surface area contributed by atoms with Gasteiger partial charge in [-0.05, 0) is 31.9 Å². The van der Waals surface area contributed by atoms with Crippen molar-refractivity contribution in [2.75, 3.05) is 7.11 Å². The van der Waals surface area contributed by atoms with Crippen molar-refractivity contribution in [2.45, 2.75) is 56.9 Å². The second-order valence-electron chi connectivity index (χ2n) is 5.10. The molecule has 0 saturated heterocycles. The monoisotopic (exact) mass is 295 g/mol. The zero-order chi connectivity index (χ0) is 14.8. The molecule has 20 heavy (non-hydrogen) atoms. The fourth-order valence-corrected chi connectivity index (χ4v) is 2.66. The smallest absolute Gasteiger partial charge is 0.217 e. The van der Waals surface area contributed by atoms with Gasteiger partial charge < -0.3 is 9.50 Å². The molecule has 1 saturated carbocycles. The van der Waals surface area contributed by atoms with Crippen molar-refractivity contribution in [3.63, 3.8) is 0 Å². The van der Waals surface area contributed by atoms with Gasteiger partial charge in [0.15, 0.2) is 0 Å². The number of hydrogen-bond donors (Lipinski definition) is 1. The molecule has 2 rings (SSSR count). The minimum Gasteiger partial charge on any atom is -0.354 e. The van der Waals surface area contributed by atoms with E-state index in [-0.39, 0.29) is 5.91 Å². The van der Waals surface area contributed by atoms with Crippen LogP contribution in [0.15, 0.2) is 29.2 Å². The van der Waals surface area contributed by atoms with Crippen LogP contribution in [0.2, 0.25) is 0 Å². The summed E-state index contributed by atoms with van der Waals surface area (Å²) in [5.74, 6) is 0.118. The van der Waals surface area contributed by atoms with Crippen LogP contribution in [0.3, 0.4) is 0 Å². The van der Waals surface area contributed by atoms with Gasteiger partial charge in [0.1, 0.15) is 0 Å². The van der Waals surface area contributed by atoms with Crippen molar-refractivity contribution < 1.29 is 8.98 Å². The van der Waals surface area contributed by atoms with Gasteiger partial charge >= 0.3 is 0 Å². The Bertz CT molecular complexity index is 386. The fraction of sp³-hybridized carbons (Fsp3) is 0.562. The number of rotatable bonds is 3. The van der Waals surface area contributed by atoms with E-state index >= 15 is 0 Å². The Morgan fingerprint density at radius 3 is 2.30 bits per heavy atom. The highest BCUT2D eigenvalue weighted by Crippen LogP contribution is 2.17. The molecule has 0 aromatic heterocycles. The number of nitrogens with one attached hydrogen (secondary N) is 1.